The van der Waals surface area contributed by atoms with Crippen molar-refractivity contribution in [2.75, 3.05) is 20.1 Å². The van der Waals surface area contributed by atoms with E-state index in [-0.39, 0.29) is 0 Å². The van der Waals surface area contributed by atoms with Crippen molar-refractivity contribution in [1.29, 1.82) is 0 Å². The third-order valence-corrected chi connectivity index (χ3v) is 3.42. The predicted octanol–water partition coefficient (Wildman–Crippen LogP) is 1.48. The van der Waals surface area contributed by atoms with Crippen LogP contribution in [0.1, 0.15) is 34.1 Å². The molecular weight excluding hydrogens is 188 g/mol. The van der Waals surface area contributed by atoms with E-state index in [9.17, 15) is 0 Å². The van der Waals surface area contributed by atoms with Crippen LogP contribution in [0.5, 0.6) is 0 Å². The van der Waals surface area contributed by atoms with Crippen LogP contribution in [-0.4, -0.2) is 49.3 Å². The summed E-state index contributed by atoms with van der Waals surface area (Å²) in [4.78, 5) is 2.55. The Labute approximate surface area is 94.2 Å². The van der Waals surface area contributed by atoms with Gasteiger partial charge in [-0.3, -0.25) is 4.90 Å². The smallest absolute Gasteiger partial charge is 0.0678 e. The molecule has 1 rings (SSSR count). The Morgan fingerprint density at radius 2 is 1.87 bits per heavy atom. The maximum atomic E-state index is 5.75. The molecule has 0 aromatic rings. The van der Waals surface area contributed by atoms with Gasteiger partial charge < -0.3 is 10.1 Å². The van der Waals surface area contributed by atoms with Crippen LogP contribution in [0.15, 0.2) is 0 Å². The molecule has 0 aromatic carbocycles. The molecule has 1 aliphatic rings. The van der Waals surface area contributed by atoms with E-state index in [2.05, 4.69) is 45.0 Å². The molecule has 1 fully saturated rings. The maximum absolute atomic E-state index is 5.75. The first-order chi connectivity index (χ1) is 7.08. The number of hydrogen-bond acceptors (Lipinski definition) is 3. The highest BCUT2D eigenvalue weighted by Crippen LogP contribution is 2.16. The first kappa shape index (κ1) is 12.9. The Bertz CT molecular complexity index is 172. The Morgan fingerprint density at radius 1 is 1.33 bits per heavy atom. The fourth-order valence-corrected chi connectivity index (χ4v) is 2.59. The average Bonchev–Trinajstić information content (AvgIpc) is 2.18. The predicted molar refractivity (Wildman–Crippen MR) is 64.2 cm³/mol. The van der Waals surface area contributed by atoms with Gasteiger partial charge in [-0.2, -0.15) is 0 Å². The fourth-order valence-electron chi connectivity index (χ4n) is 2.59. The molecule has 0 radical (unpaired) electrons. The number of nitrogens with zero attached hydrogens (tertiary/aromatic N) is 1. The van der Waals surface area contributed by atoms with Crippen LogP contribution in [0.25, 0.3) is 0 Å². The third-order valence-electron chi connectivity index (χ3n) is 3.42. The molecule has 0 amide bonds. The summed E-state index contributed by atoms with van der Waals surface area (Å²) in [5.74, 6) is 0. The number of nitrogens with one attached hydrogen (secondary N) is 1. The molecule has 0 saturated carbocycles. The van der Waals surface area contributed by atoms with Crippen LogP contribution in [0.3, 0.4) is 0 Å². The number of likely N-dealkylation sites (N-methyl/N-ethyl adjacent to an activating group) is 1. The molecule has 2 unspecified atom stereocenters. The molecular formula is C12H26N2O. The lowest BCUT2D eigenvalue weighted by atomic mass is 10.0. The zero-order valence-corrected chi connectivity index (χ0v) is 10.8. The number of hydrogen-bond donors (Lipinski definition) is 1. The number of morpholine rings is 1. The van der Waals surface area contributed by atoms with Crippen molar-refractivity contribution in [1.82, 2.24) is 10.2 Å². The molecule has 1 N–H and O–H groups in total. The van der Waals surface area contributed by atoms with E-state index in [4.69, 9.17) is 4.74 Å². The lowest BCUT2D eigenvalue weighted by molar-refractivity contribution is -0.0819. The molecule has 3 nitrogen and oxygen atoms in total. The second-order valence-corrected chi connectivity index (χ2v) is 4.76. The standard InChI is InChI=1S/C12H26N2O/c1-6-12(13-5)11(4)14-7-9(2)15-10(3)8-14/h9-13H,6-8H2,1-5H3/t9-,10+,11?,12?. The van der Waals surface area contributed by atoms with Crippen molar-refractivity contribution in [2.24, 2.45) is 0 Å². The highest BCUT2D eigenvalue weighted by atomic mass is 16.5. The van der Waals surface area contributed by atoms with Gasteiger partial charge >= 0.3 is 0 Å². The van der Waals surface area contributed by atoms with Crippen molar-refractivity contribution >= 4 is 0 Å². The van der Waals surface area contributed by atoms with Gasteiger partial charge in [0, 0.05) is 25.2 Å². The van der Waals surface area contributed by atoms with E-state index >= 15 is 0 Å². The summed E-state index contributed by atoms with van der Waals surface area (Å²) < 4.78 is 5.75. The van der Waals surface area contributed by atoms with E-state index in [1.165, 1.54) is 6.42 Å². The van der Waals surface area contributed by atoms with Crippen LogP contribution in [-0.2, 0) is 4.74 Å². The molecule has 1 heterocycles. The maximum Gasteiger partial charge on any atom is 0.0678 e. The third kappa shape index (κ3) is 3.44. The van der Waals surface area contributed by atoms with Gasteiger partial charge in [0.2, 0.25) is 0 Å². The van der Waals surface area contributed by atoms with Crippen LogP contribution in [0.2, 0.25) is 0 Å². The first-order valence-corrected chi connectivity index (χ1v) is 6.15. The van der Waals surface area contributed by atoms with E-state index in [1.54, 1.807) is 0 Å². The van der Waals surface area contributed by atoms with Crippen LogP contribution < -0.4 is 5.32 Å². The van der Waals surface area contributed by atoms with Crippen molar-refractivity contribution < 1.29 is 4.74 Å². The SMILES string of the molecule is CCC(NC)C(C)N1C[C@@H](C)O[C@@H](C)C1. The number of ether oxygens (including phenoxy) is 1. The van der Waals surface area contributed by atoms with Crippen molar-refractivity contribution in [3.8, 4) is 0 Å². The Morgan fingerprint density at radius 3 is 2.27 bits per heavy atom. The van der Waals surface area contributed by atoms with Gasteiger partial charge in [0.15, 0.2) is 0 Å². The van der Waals surface area contributed by atoms with Gasteiger partial charge in [0.05, 0.1) is 12.2 Å². The molecule has 15 heavy (non-hydrogen) atoms. The Hall–Kier alpha value is -0.120. The Kier molecular flexibility index (Phi) is 5.03. The summed E-state index contributed by atoms with van der Waals surface area (Å²) in [5, 5.41) is 3.40. The Balaban J connectivity index is 2.53. The van der Waals surface area contributed by atoms with Gasteiger partial charge in [0.1, 0.15) is 0 Å². The van der Waals surface area contributed by atoms with Crippen molar-refractivity contribution in [3.05, 3.63) is 0 Å². The molecule has 3 heteroatoms. The molecule has 0 spiro atoms. The zero-order chi connectivity index (χ0) is 11.4. The van der Waals surface area contributed by atoms with Crippen LogP contribution in [0, 0.1) is 0 Å². The highest BCUT2D eigenvalue weighted by molar-refractivity contribution is 4.84. The quantitative estimate of drug-likeness (QED) is 0.767. The first-order valence-electron chi connectivity index (χ1n) is 6.15. The van der Waals surface area contributed by atoms with Crippen LogP contribution >= 0.6 is 0 Å². The minimum Gasteiger partial charge on any atom is -0.373 e. The minimum absolute atomic E-state index is 0.366. The fraction of sp³-hybridized carbons (Fsp3) is 1.00. The second-order valence-electron chi connectivity index (χ2n) is 4.76. The van der Waals surface area contributed by atoms with E-state index in [1.807, 2.05) is 0 Å². The van der Waals surface area contributed by atoms with Gasteiger partial charge in [-0.25, -0.2) is 0 Å². The summed E-state index contributed by atoms with van der Waals surface area (Å²) >= 11 is 0. The molecule has 0 aromatic heterocycles. The van der Waals surface area contributed by atoms with Crippen LogP contribution in [0.4, 0.5) is 0 Å². The largest absolute Gasteiger partial charge is 0.373 e. The molecule has 1 aliphatic heterocycles. The summed E-state index contributed by atoms with van der Waals surface area (Å²) in [7, 11) is 2.05. The second kappa shape index (κ2) is 5.83. The molecule has 1 saturated heterocycles. The van der Waals surface area contributed by atoms with Gasteiger partial charge in [-0.05, 0) is 34.2 Å². The van der Waals surface area contributed by atoms with Crippen molar-refractivity contribution in [3.63, 3.8) is 0 Å². The average molecular weight is 214 g/mol. The summed E-state index contributed by atoms with van der Waals surface area (Å²) in [6.07, 6.45) is 1.91. The minimum atomic E-state index is 0.366. The molecule has 0 aliphatic carbocycles. The molecule has 90 valence electrons. The summed E-state index contributed by atoms with van der Waals surface area (Å²) in [6, 6.07) is 1.18. The lowest BCUT2D eigenvalue weighted by Crippen LogP contribution is -2.55. The monoisotopic (exact) mass is 214 g/mol. The lowest BCUT2D eigenvalue weighted by Gasteiger charge is -2.41. The van der Waals surface area contributed by atoms with E-state index < -0.39 is 0 Å². The molecule has 4 atom stereocenters. The van der Waals surface area contributed by atoms with Gasteiger partial charge in [-0.15, -0.1) is 0 Å². The topological polar surface area (TPSA) is 24.5 Å². The zero-order valence-electron chi connectivity index (χ0n) is 10.8. The molecule has 0 bridgehead atoms. The van der Waals surface area contributed by atoms with Gasteiger partial charge in [0.25, 0.3) is 0 Å². The number of rotatable bonds is 4. The normalized spacial score (nSPS) is 32.6. The highest BCUT2D eigenvalue weighted by Gasteiger charge is 2.28. The van der Waals surface area contributed by atoms with E-state index in [0.29, 0.717) is 24.3 Å². The van der Waals surface area contributed by atoms with E-state index in [0.717, 1.165) is 13.1 Å². The van der Waals surface area contributed by atoms with Crippen molar-refractivity contribution in [2.45, 2.75) is 58.4 Å². The summed E-state index contributed by atoms with van der Waals surface area (Å²) in [5.41, 5.74) is 0. The summed E-state index contributed by atoms with van der Waals surface area (Å²) in [6.45, 7) is 11.0. The van der Waals surface area contributed by atoms with Gasteiger partial charge in [-0.1, -0.05) is 6.92 Å².